The highest BCUT2D eigenvalue weighted by molar-refractivity contribution is 8.13. The molecule has 5 nitrogen and oxygen atoms in total. The third kappa shape index (κ3) is 10.0. The second kappa shape index (κ2) is 14.3. The van der Waals surface area contributed by atoms with Gasteiger partial charge in [0.1, 0.15) is 0 Å². The molecule has 0 bridgehead atoms. The third-order valence-electron chi connectivity index (χ3n) is 3.71. The number of nitrogens with zero attached hydrogens (tertiary/aromatic N) is 2. The Balaban J connectivity index is 4.75. The lowest BCUT2D eigenvalue weighted by atomic mass is 10.3. The van der Waals surface area contributed by atoms with Crippen molar-refractivity contribution in [2.24, 2.45) is 0 Å². The number of carbonyl (C=O) groups is 1. The number of carbonyl (C=O) groups excluding carboxylic acids is 1. The Hall–Kier alpha value is 0.290. The van der Waals surface area contributed by atoms with Crippen LogP contribution in [0.4, 0.5) is 0 Å². The van der Waals surface area contributed by atoms with Crippen LogP contribution >= 0.6 is 20.2 Å². The van der Waals surface area contributed by atoms with Crippen molar-refractivity contribution in [2.75, 3.05) is 19.2 Å². The van der Waals surface area contributed by atoms with E-state index in [4.69, 9.17) is 9.26 Å². The fraction of sp³-hybridized carbons (Fsp3) is 0.947. The molecule has 0 saturated carbocycles. The maximum atomic E-state index is 11.5. The number of hydrogen-bond acceptors (Lipinski definition) is 6. The van der Waals surface area contributed by atoms with Gasteiger partial charge < -0.3 is 9.26 Å². The van der Waals surface area contributed by atoms with Gasteiger partial charge in [-0.2, -0.15) is 0 Å². The van der Waals surface area contributed by atoms with E-state index in [1.54, 1.807) is 0 Å². The van der Waals surface area contributed by atoms with Crippen LogP contribution in [0.3, 0.4) is 0 Å². The summed E-state index contributed by atoms with van der Waals surface area (Å²) in [6.45, 7) is 20.6. The van der Waals surface area contributed by atoms with Crippen LogP contribution < -0.4 is 0 Å². The van der Waals surface area contributed by atoms with Crippen molar-refractivity contribution >= 4 is 25.3 Å². The quantitative estimate of drug-likeness (QED) is 0.215. The fourth-order valence-corrected chi connectivity index (χ4v) is 5.90. The molecule has 0 saturated heterocycles. The van der Waals surface area contributed by atoms with Crippen molar-refractivity contribution < 1.29 is 14.1 Å². The molecule has 0 aliphatic heterocycles. The van der Waals surface area contributed by atoms with E-state index in [1.165, 1.54) is 11.8 Å². The zero-order chi connectivity index (χ0) is 20.3. The smallest absolute Gasteiger partial charge is 0.191 e. The van der Waals surface area contributed by atoms with Gasteiger partial charge in [0.25, 0.3) is 0 Å². The minimum Gasteiger partial charge on any atom is -0.354 e. The van der Waals surface area contributed by atoms with Gasteiger partial charge in [0.15, 0.2) is 20.4 Å². The summed E-state index contributed by atoms with van der Waals surface area (Å²) >= 11 is 1.36. The Morgan fingerprint density at radius 2 is 1.38 bits per heavy atom. The molecular formula is C19H41N2O3PS. The van der Waals surface area contributed by atoms with Gasteiger partial charge in [0.05, 0.1) is 6.61 Å². The monoisotopic (exact) mass is 408 g/mol. The van der Waals surface area contributed by atoms with Gasteiger partial charge in [0.2, 0.25) is 0 Å². The van der Waals surface area contributed by atoms with Crippen LogP contribution in [0.2, 0.25) is 0 Å². The van der Waals surface area contributed by atoms with Crippen molar-refractivity contribution in [2.45, 2.75) is 99.3 Å². The fourth-order valence-electron chi connectivity index (χ4n) is 2.87. The van der Waals surface area contributed by atoms with Crippen molar-refractivity contribution in [3.63, 3.8) is 0 Å². The predicted molar refractivity (Wildman–Crippen MR) is 115 cm³/mol. The van der Waals surface area contributed by atoms with Gasteiger partial charge in [-0.3, -0.25) is 4.79 Å². The van der Waals surface area contributed by atoms with E-state index in [0.717, 1.165) is 6.42 Å². The van der Waals surface area contributed by atoms with Crippen molar-refractivity contribution in [3.8, 4) is 0 Å². The molecule has 0 aromatic carbocycles. The molecule has 0 rings (SSSR count). The van der Waals surface area contributed by atoms with Gasteiger partial charge in [-0.25, -0.2) is 9.34 Å². The summed E-state index contributed by atoms with van der Waals surface area (Å²) in [4.78, 5) is 11.5. The molecule has 0 aliphatic carbocycles. The van der Waals surface area contributed by atoms with E-state index in [0.29, 0.717) is 42.9 Å². The summed E-state index contributed by atoms with van der Waals surface area (Å²) in [5, 5.41) is 0.246. The molecule has 0 aliphatic rings. The molecule has 7 heteroatoms. The normalized spacial score (nSPS) is 12.8. The van der Waals surface area contributed by atoms with Gasteiger partial charge >= 0.3 is 0 Å². The summed E-state index contributed by atoms with van der Waals surface area (Å²) in [5.74, 6) is 0.691. The molecule has 0 heterocycles. The largest absolute Gasteiger partial charge is 0.354 e. The standard InChI is InChI=1S/C19H41N2O3PS/c1-10-11-19(22)26-13-12-23-14-24-25(20(15(2)3)16(4)5)21(17(6)7)18(8)9/h15-18H,10-14H2,1-9H3. The van der Waals surface area contributed by atoms with Crippen LogP contribution in [0.1, 0.15) is 75.2 Å². The van der Waals surface area contributed by atoms with Gasteiger partial charge in [-0.15, -0.1) is 0 Å². The molecule has 0 aromatic rings. The lowest BCUT2D eigenvalue weighted by Gasteiger charge is -2.45. The maximum absolute atomic E-state index is 11.5. The molecular weight excluding hydrogens is 367 g/mol. The van der Waals surface area contributed by atoms with E-state index >= 15 is 0 Å². The van der Waals surface area contributed by atoms with Crippen LogP contribution in [0.25, 0.3) is 0 Å². The Morgan fingerprint density at radius 1 is 0.923 bits per heavy atom. The molecule has 0 fully saturated rings. The number of thioether (sulfide) groups is 1. The molecule has 0 radical (unpaired) electrons. The van der Waals surface area contributed by atoms with Crippen LogP contribution in [0.5, 0.6) is 0 Å². The highest BCUT2D eigenvalue weighted by Crippen LogP contribution is 2.50. The van der Waals surface area contributed by atoms with Crippen molar-refractivity contribution in [3.05, 3.63) is 0 Å². The lowest BCUT2D eigenvalue weighted by molar-refractivity contribution is -0.111. The average Bonchev–Trinajstić information content (AvgIpc) is 2.49. The molecule has 156 valence electrons. The number of hydrogen-bond donors (Lipinski definition) is 0. The van der Waals surface area contributed by atoms with E-state index < -0.39 is 8.45 Å². The van der Waals surface area contributed by atoms with E-state index in [9.17, 15) is 4.79 Å². The van der Waals surface area contributed by atoms with E-state index in [2.05, 4.69) is 64.7 Å². The van der Waals surface area contributed by atoms with E-state index in [-0.39, 0.29) is 11.9 Å². The Bertz CT molecular complexity index is 346. The molecule has 0 atom stereocenters. The summed E-state index contributed by atoms with van der Waals surface area (Å²) < 4.78 is 16.8. The molecule has 0 aromatic heterocycles. The number of ether oxygens (including phenoxy) is 1. The highest BCUT2D eigenvalue weighted by atomic mass is 32.2. The second-order valence-electron chi connectivity index (χ2n) is 7.51. The Labute approximate surface area is 167 Å². The van der Waals surface area contributed by atoms with Crippen molar-refractivity contribution in [1.29, 1.82) is 0 Å². The first kappa shape index (κ1) is 26.3. The van der Waals surface area contributed by atoms with Crippen LogP contribution in [-0.2, 0) is 14.1 Å². The van der Waals surface area contributed by atoms with Gasteiger partial charge in [0, 0.05) is 36.3 Å². The third-order valence-corrected chi connectivity index (χ3v) is 7.58. The zero-order valence-electron chi connectivity index (χ0n) is 18.3. The maximum Gasteiger partial charge on any atom is 0.191 e. The van der Waals surface area contributed by atoms with Crippen LogP contribution in [-0.4, -0.2) is 57.8 Å². The summed E-state index contributed by atoms with van der Waals surface area (Å²) in [6, 6.07) is 1.57. The SMILES string of the molecule is CCCC(=O)SCCOCOP(N(C(C)C)C(C)C)N(C(C)C)C(C)C. The van der Waals surface area contributed by atoms with E-state index in [1.807, 2.05) is 6.92 Å². The first-order chi connectivity index (χ1) is 12.1. The molecule has 26 heavy (non-hydrogen) atoms. The molecule has 0 amide bonds. The predicted octanol–water partition coefficient (Wildman–Crippen LogP) is 5.50. The Kier molecular flexibility index (Phi) is 14.5. The molecule has 0 spiro atoms. The minimum atomic E-state index is -0.916. The zero-order valence-corrected chi connectivity index (χ0v) is 20.0. The second-order valence-corrected chi connectivity index (χ2v) is 10.4. The first-order valence-electron chi connectivity index (χ1n) is 9.86. The summed E-state index contributed by atoms with van der Waals surface area (Å²) in [6.07, 6.45) is 1.54. The minimum absolute atomic E-state index is 0.246. The topological polar surface area (TPSA) is 42.0 Å². The van der Waals surface area contributed by atoms with Gasteiger partial charge in [-0.05, 0) is 61.8 Å². The molecule has 0 N–H and O–H groups in total. The summed E-state index contributed by atoms with van der Waals surface area (Å²) in [7, 11) is -0.916. The highest BCUT2D eigenvalue weighted by Gasteiger charge is 2.34. The summed E-state index contributed by atoms with van der Waals surface area (Å²) in [5.41, 5.74) is 0. The van der Waals surface area contributed by atoms with Crippen molar-refractivity contribution in [1.82, 2.24) is 9.34 Å². The molecule has 0 unspecified atom stereocenters. The van der Waals surface area contributed by atoms with Crippen LogP contribution in [0, 0.1) is 0 Å². The lowest BCUT2D eigenvalue weighted by Crippen LogP contribution is -2.43. The first-order valence-corrected chi connectivity index (χ1v) is 12.0. The Morgan fingerprint density at radius 3 is 1.77 bits per heavy atom. The van der Waals surface area contributed by atoms with Crippen LogP contribution in [0.15, 0.2) is 0 Å². The van der Waals surface area contributed by atoms with Gasteiger partial charge in [-0.1, -0.05) is 18.7 Å². The number of rotatable bonds is 14. The average molecular weight is 409 g/mol.